The van der Waals surface area contributed by atoms with Crippen LogP contribution >= 0.6 is 11.6 Å². The van der Waals surface area contributed by atoms with Gasteiger partial charge in [0.05, 0.1) is 11.6 Å². The van der Waals surface area contributed by atoms with Gasteiger partial charge in [-0.25, -0.2) is 4.39 Å². The lowest BCUT2D eigenvalue weighted by Gasteiger charge is -2.22. The van der Waals surface area contributed by atoms with Gasteiger partial charge in [0.2, 0.25) is 0 Å². The Morgan fingerprint density at radius 3 is 2.59 bits per heavy atom. The highest BCUT2D eigenvalue weighted by Gasteiger charge is 2.10. The highest BCUT2D eigenvalue weighted by molar-refractivity contribution is 6.30. The summed E-state index contributed by atoms with van der Waals surface area (Å²) in [4.78, 5) is 18.3. The monoisotopic (exact) mass is 393 g/mol. The molecule has 27 heavy (non-hydrogen) atoms. The normalized spacial score (nSPS) is 11.4. The van der Waals surface area contributed by atoms with Gasteiger partial charge in [-0.1, -0.05) is 17.7 Å². The summed E-state index contributed by atoms with van der Waals surface area (Å²) in [6, 6.07) is 6.36. The minimum atomic E-state index is -0.386. The van der Waals surface area contributed by atoms with Crippen LogP contribution in [0.15, 0.2) is 35.5 Å². The van der Waals surface area contributed by atoms with Crippen molar-refractivity contribution in [1.82, 2.24) is 20.1 Å². The van der Waals surface area contributed by atoms with Crippen LogP contribution in [0.4, 0.5) is 4.39 Å². The van der Waals surface area contributed by atoms with Crippen molar-refractivity contribution in [1.29, 1.82) is 0 Å². The van der Waals surface area contributed by atoms with E-state index < -0.39 is 0 Å². The van der Waals surface area contributed by atoms with Gasteiger partial charge in [0, 0.05) is 51.7 Å². The molecule has 0 aliphatic rings. The van der Waals surface area contributed by atoms with Gasteiger partial charge in [-0.15, -0.1) is 0 Å². The van der Waals surface area contributed by atoms with Gasteiger partial charge < -0.3 is 20.1 Å². The number of amides is 1. The molecular weight excluding hydrogens is 369 g/mol. The Labute approximate surface area is 164 Å². The zero-order valence-corrected chi connectivity index (χ0v) is 16.8. The van der Waals surface area contributed by atoms with E-state index >= 15 is 0 Å². The summed E-state index contributed by atoms with van der Waals surface area (Å²) >= 11 is 6.01. The van der Waals surface area contributed by atoms with E-state index in [1.807, 2.05) is 35.8 Å². The van der Waals surface area contributed by atoms with Crippen LogP contribution in [0, 0.1) is 12.7 Å². The van der Waals surface area contributed by atoms with Gasteiger partial charge in [-0.2, -0.15) is 0 Å². The first-order chi connectivity index (χ1) is 12.8. The van der Waals surface area contributed by atoms with Crippen molar-refractivity contribution < 1.29 is 9.18 Å². The first-order valence-corrected chi connectivity index (χ1v) is 8.96. The van der Waals surface area contributed by atoms with Crippen molar-refractivity contribution in [2.24, 2.45) is 12.0 Å². The lowest BCUT2D eigenvalue weighted by molar-refractivity contribution is 0.0954. The van der Waals surface area contributed by atoms with Gasteiger partial charge >= 0.3 is 0 Å². The average Bonchev–Trinajstić information content (AvgIpc) is 2.94. The van der Waals surface area contributed by atoms with Crippen LogP contribution in [0.3, 0.4) is 0 Å². The van der Waals surface area contributed by atoms with Crippen LogP contribution in [0.2, 0.25) is 5.02 Å². The summed E-state index contributed by atoms with van der Waals surface area (Å²) in [5, 5.41) is 6.64. The van der Waals surface area contributed by atoms with Crippen molar-refractivity contribution in [2.45, 2.75) is 13.5 Å². The third-order valence-corrected chi connectivity index (χ3v) is 4.38. The van der Waals surface area contributed by atoms with Gasteiger partial charge in [0.15, 0.2) is 5.96 Å². The molecule has 2 aromatic rings. The van der Waals surface area contributed by atoms with E-state index in [1.54, 1.807) is 26.1 Å². The number of halogens is 2. The maximum Gasteiger partial charge on any atom is 0.251 e. The molecule has 1 amide bonds. The van der Waals surface area contributed by atoms with Crippen molar-refractivity contribution in [3.8, 4) is 0 Å². The van der Waals surface area contributed by atoms with Crippen LogP contribution in [0.5, 0.6) is 0 Å². The first-order valence-electron chi connectivity index (χ1n) is 8.58. The molecule has 2 rings (SSSR count). The Balaban J connectivity index is 1.81. The molecule has 0 aliphatic carbocycles. The molecule has 0 saturated carbocycles. The summed E-state index contributed by atoms with van der Waals surface area (Å²) in [6.45, 7) is 3.17. The smallest absolute Gasteiger partial charge is 0.251 e. The second kappa shape index (κ2) is 9.41. The van der Waals surface area contributed by atoms with Gasteiger partial charge in [0.25, 0.3) is 5.91 Å². The largest absolute Gasteiger partial charge is 0.354 e. The SMILES string of the molecule is CN=C(NCCNC(=O)c1ccc(C)c(F)c1)N(C)Cc1cc(Cl)cn1C. The van der Waals surface area contributed by atoms with Crippen LogP contribution in [-0.4, -0.2) is 48.5 Å². The zero-order chi connectivity index (χ0) is 20.0. The highest BCUT2D eigenvalue weighted by atomic mass is 35.5. The Kier molecular flexibility index (Phi) is 7.24. The van der Waals surface area contributed by atoms with Crippen LogP contribution in [0.1, 0.15) is 21.6 Å². The van der Waals surface area contributed by atoms with Gasteiger partial charge in [-0.3, -0.25) is 9.79 Å². The Morgan fingerprint density at radius 2 is 2.00 bits per heavy atom. The fourth-order valence-electron chi connectivity index (χ4n) is 2.61. The molecule has 0 saturated heterocycles. The van der Waals surface area contributed by atoms with Gasteiger partial charge in [-0.05, 0) is 30.7 Å². The summed E-state index contributed by atoms with van der Waals surface area (Å²) < 4.78 is 15.5. The molecule has 2 N–H and O–H groups in total. The van der Waals surface area contributed by atoms with E-state index in [1.165, 1.54) is 6.07 Å². The molecule has 0 atom stereocenters. The van der Waals surface area contributed by atoms with E-state index in [4.69, 9.17) is 11.6 Å². The number of carbonyl (C=O) groups is 1. The summed E-state index contributed by atoms with van der Waals surface area (Å²) in [6.07, 6.45) is 1.85. The molecule has 0 aliphatic heterocycles. The molecule has 8 heteroatoms. The van der Waals surface area contributed by atoms with Gasteiger partial charge in [0.1, 0.15) is 5.82 Å². The standard InChI is InChI=1S/C19H25ClFN5O/c1-13-5-6-14(9-17(13)21)18(27)23-7-8-24-19(22-2)26(4)12-16-10-15(20)11-25(16)3/h5-6,9-11H,7-8,12H2,1-4H3,(H,22,24)(H,23,27). The number of aromatic nitrogens is 1. The fourth-order valence-corrected chi connectivity index (χ4v) is 2.88. The number of benzene rings is 1. The molecule has 1 aromatic heterocycles. The highest BCUT2D eigenvalue weighted by Crippen LogP contribution is 2.14. The van der Waals surface area contributed by atoms with E-state index in [0.717, 1.165) is 5.69 Å². The van der Waals surface area contributed by atoms with Crippen molar-refractivity contribution in [2.75, 3.05) is 27.2 Å². The number of nitrogens with one attached hydrogen (secondary N) is 2. The average molecular weight is 394 g/mol. The van der Waals surface area contributed by atoms with E-state index in [0.29, 0.717) is 41.7 Å². The minimum Gasteiger partial charge on any atom is -0.354 e. The summed E-state index contributed by atoms with van der Waals surface area (Å²) in [7, 11) is 5.56. The number of hydrogen-bond acceptors (Lipinski definition) is 2. The van der Waals surface area contributed by atoms with Crippen molar-refractivity contribution in [3.63, 3.8) is 0 Å². The molecule has 0 unspecified atom stereocenters. The quantitative estimate of drug-likeness (QED) is 0.450. The Hall–Kier alpha value is -2.54. The fraction of sp³-hybridized carbons (Fsp3) is 0.368. The number of aryl methyl sites for hydroxylation is 2. The van der Waals surface area contributed by atoms with Crippen LogP contribution < -0.4 is 10.6 Å². The Morgan fingerprint density at radius 1 is 1.30 bits per heavy atom. The second-order valence-corrected chi connectivity index (χ2v) is 6.75. The molecule has 0 spiro atoms. The number of rotatable bonds is 6. The second-order valence-electron chi connectivity index (χ2n) is 6.31. The molecule has 1 heterocycles. The number of aliphatic imine (C=N–C) groups is 1. The summed E-state index contributed by atoms with van der Waals surface area (Å²) in [5.41, 5.74) is 1.87. The zero-order valence-electron chi connectivity index (χ0n) is 16.0. The first kappa shape index (κ1) is 20.8. The van der Waals surface area contributed by atoms with Crippen LogP contribution in [0.25, 0.3) is 0 Å². The molecule has 1 aromatic carbocycles. The topological polar surface area (TPSA) is 61.7 Å². The van der Waals surface area contributed by atoms with Crippen LogP contribution in [-0.2, 0) is 13.6 Å². The molecular formula is C19H25ClFN5O. The Bertz CT molecular complexity index is 834. The predicted octanol–water partition coefficient (Wildman–Crippen LogP) is 2.56. The van der Waals surface area contributed by atoms with Crippen molar-refractivity contribution in [3.05, 3.63) is 58.1 Å². The third kappa shape index (κ3) is 5.72. The maximum atomic E-state index is 13.6. The number of carbonyl (C=O) groups excluding carboxylic acids is 1. The van der Waals surface area contributed by atoms with E-state index in [-0.39, 0.29) is 11.7 Å². The van der Waals surface area contributed by atoms with E-state index in [9.17, 15) is 9.18 Å². The summed E-state index contributed by atoms with van der Waals surface area (Å²) in [5.74, 6) is 0.00373. The number of nitrogens with zero attached hydrogens (tertiary/aromatic N) is 3. The lowest BCUT2D eigenvalue weighted by Crippen LogP contribution is -2.42. The van der Waals surface area contributed by atoms with Crippen molar-refractivity contribution >= 4 is 23.5 Å². The minimum absolute atomic E-state index is 0.306. The molecule has 0 bridgehead atoms. The molecule has 0 radical (unpaired) electrons. The number of guanidine groups is 1. The predicted molar refractivity (Wildman–Crippen MR) is 107 cm³/mol. The molecule has 0 fully saturated rings. The maximum absolute atomic E-state index is 13.6. The lowest BCUT2D eigenvalue weighted by atomic mass is 10.1. The third-order valence-electron chi connectivity index (χ3n) is 4.17. The molecule has 6 nitrogen and oxygen atoms in total. The van der Waals surface area contributed by atoms with E-state index in [2.05, 4.69) is 15.6 Å². The molecule has 146 valence electrons. The number of hydrogen-bond donors (Lipinski definition) is 2.